The van der Waals surface area contributed by atoms with Crippen LogP contribution in [0, 0.1) is 5.92 Å². The maximum absolute atomic E-state index is 5.09. The standard InChI is InChI=1S/C14H18N2O/c1-3-16-9-11-6-12(16)7-13(11)10-4-5-14(17-2)15-8-10/h4-5,7-8,11-12H,3,6,9H2,1-2H3. The van der Waals surface area contributed by atoms with E-state index in [0.717, 1.165) is 6.54 Å². The minimum Gasteiger partial charge on any atom is -0.481 e. The molecule has 90 valence electrons. The van der Waals surface area contributed by atoms with Crippen LogP contribution in [0.4, 0.5) is 0 Å². The lowest BCUT2D eigenvalue weighted by Crippen LogP contribution is -2.30. The lowest BCUT2D eigenvalue weighted by Gasteiger charge is -2.24. The Morgan fingerprint density at radius 3 is 2.88 bits per heavy atom. The molecule has 1 aliphatic carbocycles. The van der Waals surface area contributed by atoms with E-state index in [1.54, 1.807) is 7.11 Å². The molecule has 1 aromatic heterocycles. The second-order valence-corrected chi connectivity index (χ2v) is 4.80. The van der Waals surface area contributed by atoms with Gasteiger partial charge in [0.25, 0.3) is 0 Å². The molecule has 3 nitrogen and oxygen atoms in total. The molecule has 0 spiro atoms. The molecule has 2 heterocycles. The van der Waals surface area contributed by atoms with Crippen LogP contribution < -0.4 is 4.74 Å². The van der Waals surface area contributed by atoms with Crippen LogP contribution >= 0.6 is 0 Å². The van der Waals surface area contributed by atoms with Crippen LogP contribution in [0.25, 0.3) is 5.57 Å². The molecular formula is C14H18N2O. The Hall–Kier alpha value is -1.35. The molecule has 1 aliphatic heterocycles. The smallest absolute Gasteiger partial charge is 0.212 e. The maximum atomic E-state index is 5.09. The van der Waals surface area contributed by atoms with E-state index in [4.69, 9.17) is 4.74 Å². The molecule has 1 fully saturated rings. The highest BCUT2D eigenvalue weighted by Crippen LogP contribution is 2.41. The van der Waals surface area contributed by atoms with Crippen molar-refractivity contribution in [3.8, 4) is 5.88 Å². The highest BCUT2D eigenvalue weighted by Gasteiger charge is 2.38. The van der Waals surface area contributed by atoms with Gasteiger partial charge in [0.2, 0.25) is 5.88 Å². The lowest BCUT2D eigenvalue weighted by atomic mass is 9.97. The van der Waals surface area contributed by atoms with Gasteiger partial charge in [0, 0.05) is 24.8 Å². The predicted molar refractivity (Wildman–Crippen MR) is 67.9 cm³/mol. The molecule has 1 saturated heterocycles. The molecule has 3 rings (SSSR count). The number of fused-ring (bicyclic) bond motifs is 2. The van der Waals surface area contributed by atoms with E-state index in [0.29, 0.717) is 17.8 Å². The normalized spacial score (nSPS) is 27.3. The third-order valence-corrected chi connectivity index (χ3v) is 3.95. The van der Waals surface area contributed by atoms with E-state index >= 15 is 0 Å². The quantitative estimate of drug-likeness (QED) is 0.796. The van der Waals surface area contributed by atoms with Gasteiger partial charge in [-0.15, -0.1) is 0 Å². The van der Waals surface area contributed by atoms with Gasteiger partial charge in [0.15, 0.2) is 0 Å². The van der Waals surface area contributed by atoms with Gasteiger partial charge in [-0.1, -0.05) is 13.0 Å². The van der Waals surface area contributed by atoms with Gasteiger partial charge >= 0.3 is 0 Å². The van der Waals surface area contributed by atoms with Crippen molar-refractivity contribution in [1.29, 1.82) is 0 Å². The molecule has 2 bridgehead atoms. The molecule has 17 heavy (non-hydrogen) atoms. The maximum Gasteiger partial charge on any atom is 0.212 e. The van der Waals surface area contributed by atoms with Gasteiger partial charge in [0.05, 0.1) is 7.11 Å². The average Bonchev–Trinajstić information content (AvgIpc) is 2.98. The second-order valence-electron chi connectivity index (χ2n) is 4.80. The zero-order valence-corrected chi connectivity index (χ0v) is 10.4. The Morgan fingerprint density at radius 1 is 1.47 bits per heavy atom. The van der Waals surface area contributed by atoms with Gasteiger partial charge in [-0.05, 0) is 36.1 Å². The third-order valence-electron chi connectivity index (χ3n) is 3.95. The summed E-state index contributed by atoms with van der Waals surface area (Å²) >= 11 is 0. The van der Waals surface area contributed by atoms with Crippen LogP contribution in [0.15, 0.2) is 24.4 Å². The minimum atomic E-state index is 0.655. The highest BCUT2D eigenvalue weighted by atomic mass is 16.5. The van der Waals surface area contributed by atoms with Crippen LogP contribution in [0.3, 0.4) is 0 Å². The summed E-state index contributed by atoms with van der Waals surface area (Å²) in [5.41, 5.74) is 2.74. The monoisotopic (exact) mass is 230 g/mol. The minimum absolute atomic E-state index is 0.655. The molecular weight excluding hydrogens is 212 g/mol. The van der Waals surface area contributed by atoms with Crippen molar-refractivity contribution >= 4 is 5.57 Å². The Kier molecular flexibility index (Phi) is 2.63. The Morgan fingerprint density at radius 2 is 2.35 bits per heavy atom. The Labute approximate surface area is 102 Å². The van der Waals surface area contributed by atoms with Crippen molar-refractivity contribution in [1.82, 2.24) is 9.88 Å². The molecule has 0 aromatic carbocycles. The number of likely N-dealkylation sites (N-methyl/N-ethyl adjacent to an activating group) is 1. The first kappa shape index (κ1) is 10.8. The predicted octanol–water partition coefficient (Wildman–Crippen LogP) is 2.20. The summed E-state index contributed by atoms with van der Waals surface area (Å²) in [6, 6.07) is 4.72. The number of hydrogen-bond acceptors (Lipinski definition) is 3. The number of methoxy groups -OCH3 is 1. The van der Waals surface area contributed by atoms with Crippen molar-refractivity contribution < 1.29 is 4.74 Å². The summed E-state index contributed by atoms with van der Waals surface area (Å²) in [5, 5.41) is 0. The van der Waals surface area contributed by atoms with E-state index in [2.05, 4.69) is 29.0 Å². The fraction of sp³-hybridized carbons (Fsp3) is 0.500. The molecule has 3 heteroatoms. The summed E-state index contributed by atoms with van der Waals surface area (Å²) < 4.78 is 5.09. The molecule has 1 aromatic rings. The number of hydrogen-bond donors (Lipinski definition) is 0. The van der Waals surface area contributed by atoms with Gasteiger partial charge in [-0.3, -0.25) is 4.90 Å². The fourth-order valence-electron chi connectivity index (χ4n) is 3.04. The number of ether oxygens (including phenoxy) is 1. The van der Waals surface area contributed by atoms with Gasteiger partial charge in [0.1, 0.15) is 0 Å². The summed E-state index contributed by atoms with van der Waals surface area (Å²) in [7, 11) is 1.65. The van der Waals surface area contributed by atoms with Crippen molar-refractivity contribution in [2.45, 2.75) is 19.4 Å². The number of pyridine rings is 1. The molecule has 0 N–H and O–H groups in total. The number of aromatic nitrogens is 1. The van der Waals surface area contributed by atoms with E-state index in [1.807, 2.05) is 12.3 Å². The van der Waals surface area contributed by atoms with E-state index in [-0.39, 0.29) is 0 Å². The molecule has 2 atom stereocenters. The summed E-state index contributed by atoms with van der Waals surface area (Å²) in [6.07, 6.45) is 5.64. The van der Waals surface area contributed by atoms with E-state index in [1.165, 1.54) is 24.1 Å². The summed E-state index contributed by atoms with van der Waals surface area (Å²) in [5.74, 6) is 1.39. The topological polar surface area (TPSA) is 25.4 Å². The summed E-state index contributed by atoms with van der Waals surface area (Å²) in [6.45, 7) is 4.61. The van der Waals surface area contributed by atoms with Gasteiger partial charge < -0.3 is 4.74 Å². The molecule has 2 unspecified atom stereocenters. The van der Waals surface area contributed by atoms with E-state index in [9.17, 15) is 0 Å². The van der Waals surface area contributed by atoms with Crippen LogP contribution in [0.2, 0.25) is 0 Å². The number of likely N-dealkylation sites (tertiary alicyclic amines) is 1. The first-order valence-electron chi connectivity index (χ1n) is 6.28. The molecule has 0 radical (unpaired) electrons. The first-order valence-corrected chi connectivity index (χ1v) is 6.28. The Balaban J connectivity index is 1.84. The number of nitrogens with zero attached hydrogens (tertiary/aromatic N) is 2. The highest BCUT2D eigenvalue weighted by molar-refractivity contribution is 5.71. The number of rotatable bonds is 3. The fourth-order valence-corrected chi connectivity index (χ4v) is 3.04. The first-order chi connectivity index (χ1) is 8.31. The van der Waals surface area contributed by atoms with Crippen LogP contribution in [-0.2, 0) is 0 Å². The van der Waals surface area contributed by atoms with Crippen molar-refractivity contribution in [2.24, 2.45) is 5.92 Å². The molecule has 0 saturated carbocycles. The largest absolute Gasteiger partial charge is 0.481 e. The zero-order chi connectivity index (χ0) is 11.8. The third kappa shape index (κ3) is 1.75. The van der Waals surface area contributed by atoms with Crippen LogP contribution in [0.5, 0.6) is 5.88 Å². The second kappa shape index (κ2) is 4.15. The van der Waals surface area contributed by atoms with Crippen molar-refractivity contribution in [3.63, 3.8) is 0 Å². The zero-order valence-electron chi connectivity index (χ0n) is 10.4. The van der Waals surface area contributed by atoms with Crippen LogP contribution in [0.1, 0.15) is 18.9 Å². The van der Waals surface area contributed by atoms with Gasteiger partial charge in [-0.2, -0.15) is 0 Å². The van der Waals surface area contributed by atoms with Crippen molar-refractivity contribution in [2.75, 3.05) is 20.2 Å². The SMILES string of the molecule is CCN1CC2CC1C=C2c1ccc(OC)nc1. The average molecular weight is 230 g/mol. The van der Waals surface area contributed by atoms with Crippen molar-refractivity contribution in [3.05, 3.63) is 30.0 Å². The Bertz CT molecular complexity index is 438. The van der Waals surface area contributed by atoms with Gasteiger partial charge in [-0.25, -0.2) is 4.98 Å². The summed E-state index contributed by atoms with van der Waals surface area (Å²) in [4.78, 5) is 6.83. The lowest BCUT2D eigenvalue weighted by molar-refractivity contribution is 0.297. The molecule has 0 amide bonds. The molecule has 2 aliphatic rings. The van der Waals surface area contributed by atoms with E-state index < -0.39 is 0 Å². The van der Waals surface area contributed by atoms with Crippen LogP contribution in [-0.4, -0.2) is 36.1 Å².